The summed E-state index contributed by atoms with van der Waals surface area (Å²) in [6, 6.07) is 23.9. The number of benzene rings is 3. The third-order valence-electron chi connectivity index (χ3n) is 6.14. The minimum absolute atomic E-state index is 0.184. The maximum Gasteiger partial charge on any atom is 0.243 e. The third kappa shape index (κ3) is 3.12. The van der Waals surface area contributed by atoms with Crippen LogP contribution in [0.2, 0.25) is 0 Å². The van der Waals surface area contributed by atoms with Gasteiger partial charge in [0.1, 0.15) is 5.75 Å². The van der Waals surface area contributed by atoms with E-state index < -0.39 is 10.0 Å². The van der Waals surface area contributed by atoms with E-state index in [0.717, 1.165) is 0 Å². The van der Waals surface area contributed by atoms with Crippen LogP contribution < -0.4 is 4.74 Å². The Bertz CT molecular complexity index is 1120. The quantitative estimate of drug-likeness (QED) is 0.645. The Hall–Kier alpha value is -2.67. The van der Waals surface area contributed by atoms with E-state index in [9.17, 15) is 8.42 Å². The van der Waals surface area contributed by atoms with Gasteiger partial charge in [0.25, 0.3) is 0 Å². The zero-order chi connectivity index (χ0) is 20.7. The molecule has 3 aromatic carbocycles. The second kappa shape index (κ2) is 7.54. The molecule has 154 valence electrons. The van der Waals surface area contributed by atoms with Crippen LogP contribution in [-0.4, -0.2) is 50.9 Å². The van der Waals surface area contributed by atoms with Gasteiger partial charge in [-0.3, -0.25) is 4.90 Å². The smallest absolute Gasteiger partial charge is 0.243 e. The lowest BCUT2D eigenvalue weighted by atomic mass is 10.0. The van der Waals surface area contributed by atoms with Gasteiger partial charge in [-0.1, -0.05) is 48.5 Å². The van der Waals surface area contributed by atoms with Gasteiger partial charge in [-0.25, -0.2) is 8.42 Å². The Morgan fingerprint density at radius 2 is 1.30 bits per heavy atom. The van der Waals surface area contributed by atoms with Crippen molar-refractivity contribution in [1.29, 1.82) is 0 Å². The van der Waals surface area contributed by atoms with Gasteiger partial charge in [-0.2, -0.15) is 4.31 Å². The molecule has 0 spiro atoms. The van der Waals surface area contributed by atoms with Crippen LogP contribution >= 0.6 is 0 Å². The second-order valence-electron chi connectivity index (χ2n) is 7.69. The Labute approximate surface area is 177 Å². The lowest BCUT2D eigenvalue weighted by Gasteiger charge is -2.38. The molecule has 6 heteroatoms. The molecular formula is C24H24N2O3S. The maximum atomic E-state index is 13.1. The molecule has 0 aromatic heterocycles. The molecule has 5 nitrogen and oxygen atoms in total. The Morgan fingerprint density at radius 1 is 0.767 bits per heavy atom. The molecule has 1 heterocycles. The molecule has 3 aromatic rings. The minimum atomic E-state index is -3.50. The number of methoxy groups -OCH3 is 1. The van der Waals surface area contributed by atoms with Crippen LogP contribution in [0.25, 0.3) is 11.1 Å². The van der Waals surface area contributed by atoms with Crippen molar-refractivity contribution in [3.05, 3.63) is 83.9 Å². The first-order valence-corrected chi connectivity index (χ1v) is 11.6. The summed E-state index contributed by atoms with van der Waals surface area (Å²) in [5, 5.41) is 0. The number of rotatable bonds is 4. The van der Waals surface area contributed by atoms with Crippen LogP contribution in [0.5, 0.6) is 5.75 Å². The van der Waals surface area contributed by atoms with Crippen molar-refractivity contribution in [2.75, 3.05) is 33.3 Å². The van der Waals surface area contributed by atoms with Crippen molar-refractivity contribution in [2.24, 2.45) is 0 Å². The van der Waals surface area contributed by atoms with Gasteiger partial charge in [0, 0.05) is 26.2 Å². The average molecular weight is 421 g/mol. The van der Waals surface area contributed by atoms with E-state index in [1.807, 2.05) is 0 Å². The summed E-state index contributed by atoms with van der Waals surface area (Å²) in [4.78, 5) is 2.72. The number of fused-ring (bicyclic) bond motifs is 3. The van der Waals surface area contributed by atoms with Crippen LogP contribution in [0.1, 0.15) is 17.2 Å². The van der Waals surface area contributed by atoms with Crippen LogP contribution in [0.4, 0.5) is 0 Å². The molecule has 1 fully saturated rings. The van der Waals surface area contributed by atoms with E-state index in [-0.39, 0.29) is 6.04 Å². The summed E-state index contributed by atoms with van der Waals surface area (Å²) in [7, 11) is -1.93. The Balaban J connectivity index is 1.37. The fourth-order valence-corrected chi connectivity index (χ4v) is 6.04. The molecule has 0 bridgehead atoms. The molecule has 2 aliphatic rings. The van der Waals surface area contributed by atoms with Gasteiger partial charge >= 0.3 is 0 Å². The van der Waals surface area contributed by atoms with Gasteiger partial charge in [-0.15, -0.1) is 0 Å². The summed E-state index contributed by atoms with van der Waals surface area (Å²) >= 11 is 0. The number of hydrogen-bond donors (Lipinski definition) is 0. The normalized spacial score (nSPS) is 17.5. The van der Waals surface area contributed by atoms with Gasteiger partial charge in [0.05, 0.1) is 18.0 Å². The Morgan fingerprint density at radius 3 is 1.83 bits per heavy atom. The van der Waals surface area contributed by atoms with Gasteiger partial charge in [-0.05, 0) is 46.5 Å². The number of hydrogen-bond acceptors (Lipinski definition) is 4. The highest BCUT2D eigenvalue weighted by Gasteiger charge is 2.36. The highest BCUT2D eigenvalue weighted by atomic mass is 32.2. The summed E-state index contributed by atoms with van der Waals surface area (Å²) in [6.45, 7) is 2.36. The molecule has 1 aliphatic carbocycles. The van der Waals surface area contributed by atoms with Gasteiger partial charge in [0.2, 0.25) is 10.0 Å². The van der Waals surface area contributed by atoms with Crippen LogP contribution in [0.15, 0.2) is 77.7 Å². The molecular weight excluding hydrogens is 396 g/mol. The molecule has 1 saturated heterocycles. The fourth-order valence-electron chi connectivity index (χ4n) is 4.62. The summed E-state index contributed by atoms with van der Waals surface area (Å²) in [5.41, 5.74) is 5.19. The van der Waals surface area contributed by atoms with E-state index in [1.165, 1.54) is 22.3 Å². The van der Waals surface area contributed by atoms with E-state index in [2.05, 4.69) is 53.4 Å². The number of piperazine rings is 1. The first-order valence-electron chi connectivity index (χ1n) is 10.2. The lowest BCUT2D eigenvalue weighted by Crippen LogP contribution is -2.49. The molecule has 0 unspecified atom stereocenters. The van der Waals surface area contributed by atoms with Crippen molar-refractivity contribution in [3.63, 3.8) is 0 Å². The summed E-state index contributed by atoms with van der Waals surface area (Å²) in [5.74, 6) is 0.650. The zero-order valence-corrected chi connectivity index (χ0v) is 17.7. The zero-order valence-electron chi connectivity index (χ0n) is 16.9. The van der Waals surface area contributed by atoms with Gasteiger partial charge < -0.3 is 4.74 Å². The summed E-state index contributed by atoms with van der Waals surface area (Å²) < 4.78 is 32.9. The predicted octanol–water partition coefficient (Wildman–Crippen LogP) is 3.77. The van der Waals surface area contributed by atoms with Crippen molar-refractivity contribution >= 4 is 10.0 Å². The monoisotopic (exact) mass is 420 g/mol. The molecule has 1 aliphatic heterocycles. The van der Waals surface area contributed by atoms with Crippen LogP contribution in [0, 0.1) is 0 Å². The molecule has 0 atom stereocenters. The second-order valence-corrected chi connectivity index (χ2v) is 9.63. The molecule has 0 radical (unpaired) electrons. The number of ether oxygens (including phenoxy) is 1. The van der Waals surface area contributed by atoms with Gasteiger partial charge in [0.15, 0.2) is 0 Å². The summed E-state index contributed by atoms with van der Waals surface area (Å²) in [6.07, 6.45) is 0. The van der Waals surface area contributed by atoms with Crippen molar-refractivity contribution in [1.82, 2.24) is 9.21 Å². The third-order valence-corrected chi connectivity index (χ3v) is 8.05. The van der Waals surface area contributed by atoms with Crippen LogP contribution in [-0.2, 0) is 10.0 Å². The first kappa shape index (κ1) is 19.3. The van der Waals surface area contributed by atoms with Crippen LogP contribution in [0.3, 0.4) is 0 Å². The van der Waals surface area contributed by atoms with E-state index in [1.54, 1.807) is 35.7 Å². The van der Waals surface area contributed by atoms with Crippen molar-refractivity contribution in [2.45, 2.75) is 10.9 Å². The largest absolute Gasteiger partial charge is 0.497 e. The highest BCUT2D eigenvalue weighted by Crippen LogP contribution is 2.46. The predicted molar refractivity (Wildman–Crippen MR) is 117 cm³/mol. The van der Waals surface area contributed by atoms with E-state index in [4.69, 9.17) is 4.74 Å². The first-order chi connectivity index (χ1) is 14.6. The van der Waals surface area contributed by atoms with Crippen molar-refractivity contribution in [3.8, 4) is 16.9 Å². The van der Waals surface area contributed by atoms with E-state index >= 15 is 0 Å². The molecule has 5 rings (SSSR count). The van der Waals surface area contributed by atoms with E-state index in [0.29, 0.717) is 36.8 Å². The number of sulfonamides is 1. The minimum Gasteiger partial charge on any atom is -0.497 e. The maximum absolute atomic E-state index is 13.1. The highest BCUT2D eigenvalue weighted by molar-refractivity contribution is 7.89. The lowest BCUT2D eigenvalue weighted by molar-refractivity contribution is 0.158. The molecule has 0 saturated carbocycles. The van der Waals surface area contributed by atoms with Crippen molar-refractivity contribution < 1.29 is 13.2 Å². The molecule has 30 heavy (non-hydrogen) atoms. The number of nitrogens with zero attached hydrogens (tertiary/aromatic N) is 2. The Kier molecular flexibility index (Phi) is 4.85. The average Bonchev–Trinajstić information content (AvgIpc) is 3.14. The topological polar surface area (TPSA) is 49.9 Å². The fraction of sp³-hybridized carbons (Fsp3) is 0.250. The molecule has 0 amide bonds. The molecule has 0 N–H and O–H groups in total. The SMILES string of the molecule is COc1ccc(S(=O)(=O)N2CCN(C3c4ccccc4-c4ccccc43)CC2)cc1. The standard InChI is InChI=1S/C24H24N2O3S/c1-29-18-10-12-19(13-11-18)30(27,28)26-16-14-25(15-17-26)24-22-8-4-2-6-20(22)21-7-3-5-9-23(21)24/h2-13,24H,14-17H2,1H3.